The molecule has 0 bridgehead atoms. The van der Waals surface area contributed by atoms with Gasteiger partial charge in [-0.2, -0.15) is 0 Å². The van der Waals surface area contributed by atoms with Crippen LogP contribution in [0.2, 0.25) is 0 Å². The Balaban J connectivity index is 0.000000383. The molecule has 0 N–H and O–H groups in total. The Hall–Kier alpha value is -2.70. The van der Waals surface area contributed by atoms with E-state index in [-0.39, 0.29) is 32.9 Å². The van der Waals surface area contributed by atoms with E-state index in [2.05, 4.69) is 162 Å². The van der Waals surface area contributed by atoms with Crippen LogP contribution < -0.4 is 21.2 Å². The van der Waals surface area contributed by atoms with E-state index in [1.807, 2.05) is 0 Å². The number of terminal acetylenes is 1. The Morgan fingerprint density at radius 3 is 0.805 bits per heavy atom. The van der Waals surface area contributed by atoms with E-state index in [1.165, 1.54) is 61.8 Å². The maximum Gasteiger partial charge on any atom is 0.0226 e. The van der Waals surface area contributed by atoms with Crippen LogP contribution in [0.25, 0.3) is 0 Å². The van der Waals surface area contributed by atoms with Crippen LogP contribution in [0.1, 0.15) is 34.6 Å². The van der Waals surface area contributed by atoms with Crippen LogP contribution in [0.4, 0.5) is 0 Å². The third-order valence-corrected chi connectivity index (χ3v) is 13.0. The quantitative estimate of drug-likeness (QED) is 0.0846. The minimum Gasteiger partial charge on any atom is -0.697 e. The van der Waals surface area contributed by atoms with E-state index in [0.717, 1.165) is 0 Å². The molecule has 0 nitrogen and oxygen atoms in total. The van der Waals surface area contributed by atoms with E-state index < -0.39 is 0 Å². The van der Waals surface area contributed by atoms with Gasteiger partial charge in [-0.15, -0.1) is 0 Å². The van der Waals surface area contributed by atoms with Gasteiger partial charge in [-0.05, 0) is 88.2 Å². The molecule has 0 aromatic heterocycles. The van der Waals surface area contributed by atoms with Crippen molar-refractivity contribution in [1.29, 1.82) is 0 Å². The van der Waals surface area contributed by atoms with Crippen molar-refractivity contribution in [2.24, 2.45) is 0 Å². The Labute approximate surface area is 262 Å². The van der Waals surface area contributed by atoms with Crippen molar-refractivity contribution in [2.75, 3.05) is 12.3 Å². The van der Waals surface area contributed by atoms with Gasteiger partial charge in [-0.1, -0.05) is 139 Å². The first-order valence-corrected chi connectivity index (χ1v) is 16.8. The first kappa shape index (κ1) is 34.5. The van der Waals surface area contributed by atoms with Crippen LogP contribution in [0, 0.1) is 18.8 Å². The number of rotatable bonds is 7. The molecule has 1 radical (unpaired) electrons. The molecular weight excluding hydrogens is 574 g/mol. The van der Waals surface area contributed by atoms with E-state index >= 15 is 0 Å². The number of hydrogen-bond donors (Lipinski definition) is 0. The summed E-state index contributed by atoms with van der Waals surface area (Å²) in [5.41, 5.74) is 5.87. The molecule has 4 aromatic rings. The molecule has 0 unspecified atom stereocenters. The van der Waals surface area contributed by atoms with Crippen LogP contribution >= 0.6 is 15.8 Å². The summed E-state index contributed by atoms with van der Waals surface area (Å²) in [6, 6.07) is 44.2. The van der Waals surface area contributed by atoms with Gasteiger partial charge in [0.25, 0.3) is 0 Å². The van der Waals surface area contributed by atoms with Crippen LogP contribution in [-0.4, -0.2) is 12.3 Å². The zero-order valence-electron chi connectivity index (χ0n) is 24.8. The zero-order valence-corrected chi connectivity index (χ0v) is 27.7. The smallest absolute Gasteiger partial charge is 0.0226 e. The van der Waals surface area contributed by atoms with Gasteiger partial charge in [0.15, 0.2) is 0 Å². The fourth-order valence-corrected chi connectivity index (χ4v) is 10.2. The second-order valence-electron chi connectivity index (χ2n) is 9.77. The van der Waals surface area contributed by atoms with E-state index in [9.17, 15) is 0 Å². The molecule has 0 amide bonds. The zero-order chi connectivity index (χ0) is 28.9. The SMILES string of the molecule is C[C]1C(C)=C(C)C(C)=C1C.[C-]#C.[Fe].c1ccc(P(CCP(c2ccccc2)c2ccccc2)c2ccccc2)cc1. The average molecular weight is 615 g/mol. The summed E-state index contributed by atoms with van der Waals surface area (Å²) in [4.78, 5) is 0. The van der Waals surface area contributed by atoms with Gasteiger partial charge >= 0.3 is 0 Å². The van der Waals surface area contributed by atoms with Crippen LogP contribution in [0.5, 0.6) is 0 Å². The predicted molar refractivity (Wildman–Crippen MR) is 182 cm³/mol. The molecule has 0 fully saturated rings. The molecule has 0 saturated heterocycles. The van der Waals surface area contributed by atoms with E-state index in [1.54, 1.807) is 0 Å². The monoisotopic (exact) mass is 614 g/mol. The van der Waals surface area contributed by atoms with Gasteiger partial charge in [0.1, 0.15) is 0 Å². The van der Waals surface area contributed by atoms with Crippen molar-refractivity contribution in [1.82, 2.24) is 0 Å². The Bertz CT molecular complexity index is 1210. The second kappa shape index (κ2) is 18.0. The predicted octanol–water partition coefficient (Wildman–Crippen LogP) is 8.72. The normalized spacial score (nSPS) is 12.8. The first-order chi connectivity index (χ1) is 19.5. The molecule has 0 heterocycles. The molecule has 0 spiro atoms. The standard InChI is InChI=1S/C26H24P2.C10H15.C2H.Fe/c1-5-13-23(14-6-1)27(24-15-7-2-8-16-24)21-22-28(25-17-9-3-10-18-25)26-19-11-4-12-20-26;1-6-7(2)9(4)10(5)8(6)3;1-2;/h1-20H,21-22H2;1-5H3;1H;/q;;-1;. The van der Waals surface area contributed by atoms with Crippen molar-refractivity contribution in [3.63, 3.8) is 0 Å². The molecular formula is C38H40FeP2-. The summed E-state index contributed by atoms with van der Waals surface area (Å²) in [5, 5.41) is 5.89. The van der Waals surface area contributed by atoms with Crippen molar-refractivity contribution < 1.29 is 17.1 Å². The molecule has 1 aliphatic rings. The molecule has 4 aromatic carbocycles. The minimum atomic E-state index is -0.348. The largest absolute Gasteiger partial charge is 0.697 e. The second-order valence-corrected chi connectivity index (χ2v) is 14.4. The molecule has 41 heavy (non-hydrogen) atoms. The van der Waals surface area contributed by atoms with Crippen LogP contribution in [-0.2, 0) is 17.1 Å². The van der Waals surface area contributed by atoms with Gasteiger partial charge in [0.2, 0.25) is 0 Å². The van der Waals surface area contributed by atoms with E-state index in [0.29, 0.717) is 0 Å². The summed E-state index contributed by atoms with van der Waals surface area (Å²) < 4.78 is 0. The van der Waals surface area contributed by atoms with Gasteiger partial charge in [0.05, 0.1) is 0 Å². The van der Waals surface area contributed by atoms with Gasteiger partial charge in [-0.3, -0.25) is 0 Å². The fraction of sp³-hybridized carbons (Fsp3) is 0.184. The Morgan fingerprint density at radius 2 is 0.634 bits per heavy atom. The summed E-state index contributed by atoms with van der Waals surface area (Å²) >= 11 is 0. The summed E-state index contributed by atoms with van der Waals surface area (Å²) in [6.07, 6.45) is 11.4. The molecule has 0 atom stereocenters. The summed E-state index contributed by atoms with van der Waals surface area (Å²) in [6.45, 7) is 11.0. The third-order valence-electron chi connectivity index (χ3n) is 7.63. The fourth-order valence-electron chi connectivity index (χ4n) is 4.85. The Morgan fingerprint density at radius 1 is 0.415 bits per heavy atom. The number of benzene rings is 4. The molecule has 3 heteroatoms. The Kier molecular flexibility index (Phi) is 15.1. The van der Waals surface area contributed by atoms with Crippen molar-refractivity contribution >= 4 is 37.1 Å². The number of allylic oxidation sites excluding steroid dienone is 4. The minimum absolute atomic E-state index is 0. The molecule has 211 valence electrons. The van der Waals surface area contributed by atoms with Crippen molar-refractivity contribution in [2.45, 2.75) is 34.6 Å². The van der Waals surface area contributed by atoms with Crippen molar-refractivity contribution in [3.05, 3.63) is 156 Å². The topological polar surface area (TPSA) is 0 Å². The van der Waals surface area contributed by atoms with Gasteiger partial charge in [-0.25, -0.2) is 0 Å². The molecule has 1 aliphatic carbocycles. The van der Waals surface area contributed by atoms with Gasteiger partial charge < -0.3 is 12.8 Å². The van der Waals surface area contributed by atoms with E-state index in [4.69, 9.17) is 6.42 Å². The molecule has 5 rings (SSSR count). The molecule has 0 aliphatic heterocycles. The third kappa shape index (κ3) is 9.40. The summed E-state index contributed by atoms with van der Waals surface area (Å²) in [7, 11) is -0.696. The number of hydrogen-bond acceptors (Lipinski definition) is 0. The summed E-state index contributed by atoms with van der Waals surface area (Å²) in [5.74, 6) is 1.47. The van der Waals surface area contributed by atoms with Crippen LogP contribution in [0.15, 0.2) is 144 Å². The maximum atomic E-state index is 5.25. The average Bonchev–Trinajstić information content (AvgIpc) is 3.19. The molecule has 0 saturated carbocycles. The first-order valence-electron chi connectivity index (χ1n) is 13.7. The van der Waals surface area contributed by atoms with Crippen LogP contribution in [0.3, 0.4) is 0 Å². The maximum absolute atomic E-state index is 5.25. The van der Waals surface area contributed by atoms with Crippen molar-refractivity contribution in [3.8, 4) is 6.42 Å². The van der Waals surface area contributed by atoms with Gasteiger partial charge in [0, 0.05) is 23.0 Å².